The molecule has 1 saturated heterocycles. The SMILES string of the molecule is Cc1nc(N)nc2c1C(=NOCCN1CCN(C)CC1)CC(c1ccccc1-c1ccccc1)C2. The zero-order valence-corrected chi connectivity index (χ0v) is 20.7. The molecule has 35 heavy (non-hydrogen) atoms. The van der Waals surface area contributed by atoms with Crippen molar-refractivity contribution in [3.8, 4) is 11.1 Å². The van der Waals surface area contributed by atoms with Gasteiger partial charge < -0.3 is 15.5 Å². The number of nitrogens with zero attached hydrogens (tertiary/aromatic N) is 5. The van der Waals surface area contributed by atoms with E-state index in [1.807, 2.05) is 6.92 Å². The fourth-order valence-corrected chi connectivity index (χ4v) is 5.22. The summed E-state index contributed by atoms with van der Waals surface area (Å²) in [5.41, 5.74) is 13.5. The summed E-state index contributed by atoms with van der Waals surface area (Å²) in [6.45, 7) is 7.78. The number of aryl methyl sites for hydroxylation is 1. The number of rotatable bonds is 6. The Bertz CT molecular complexity index is 1190. The summed E-state index contributed by atoms with van der Waals surface area (Å²) in [7, 11) is 2.17. The first-order valence-electron chi connectivity index (χ1n) is 12.5. The molecule has 2 heterocycles. The summed E-state index contributed by atoms with van der Waals surface area (Å²) in [5, 5.41) is 4.65. The number of nitrogen functional groups attached to an aromatic ring is 1. The third-order valence-corrected chi connectivity index (χ3v) is 7.11. The molecule has 7 nitrogen and oxygen atoms in total. The fourth-order valence-electron chi connectivity index (χ4n) is 5.22. The van der Waals surface area contributed by atoms with Crippen LogP contribution < -0.4 is 5.73 Å². The fraction of sp³-hybridized carbons (Fsp3) is 0.393. The van der Waals surface area contributed by atoms with E-state index >= 15 is 0 Å². The molecule has 1 fully saturated rings. The Morgan fingerprint density at radius 1 is 0.971 bits per heavy atom. The Labute approximate surface area is 207 Å². The van der Waals surface area contributed by atoms with Crippen molar-refractivity contribution in [2.24, 2.45) is 5.16 Å². The molecule has 0 spiro atoms. The Hall–Kier alpha value is -3.29. The highest BCUT2D eigenvalue weighted by molar-refractivity contribution is 6.03. The van der Waals surface area contributed by atoms with Gasteiger partial charge in [-0.15, -0.1) is 0 Å². The lowest BCUT2D eigenvalue weighted by molar-refractivity contribution is 0.0857. The average molecular weight is 471 g/mol. The van der Waals surface area contributed by atoms with Crippen molar-refractivity contribution in [2.45, 2.75) is 25.7 Å². The maximum Gasteiger partial charge on any atom is 0.220 e. The van der Waals surface area contributed by atoms with Crippen molar-refractivity contribution in [1.29, 1.82) is 0 Å². The van der Waals surface area contributed by atoms with Gasteiger partial charge in [0.2, 0.25) is 5.95 Å². The number of piperazine rings is 1. The number of benzene rings is 2. The van der Waals surface area contributed by atoms with Gasteiger partial charge >= 0.3 is 0 Å². The molecule has 0 radical (unpaired) electrons. The number of anilines is 1. The molecule has 5 rings (SSSR count). The second kappa shape index (κ2) is 10.5. The van der Waals surface area contributed by atoms with Crippen LogP contribution in [0.25, 0.3) is 11.1 Å². The number of fused-ring (bicyclic) bond motifs is 1. The molecule has 182 valence electrons. The number of hydrogen-bond acceptors (Lipinski definition) is 7. The van der Waals surface area contributed by atoms with E-state index in [2.05, 4.69) is 86.6 Å². The molecular formula is C28H34N6O. The predicted octanol–water partition coefficient (Wildman–Crippen LogP) is 3.73. The van der Waals surface area contributed by atoms with Gasteiger partial charge in [-0.05, 0) is 43.0 Å². The third kappa shape index (κ3) is 5.36. The number of nitrogens with two attached hydrogens (primary N) is 1. The summed E-state index contributed by atoms with van der Waals surface area (Å²) in [4.78, 5) is 19.7. The van der Waals surface area contributed by atoms with Gasteiger partial charge in [0, 0.05) is 44.7 Å². The summed E-state index contributed by atoms with van der Waals surface area (Å²) in [5.74, 6) is 0.543. The Balaban J connectivity index is 1.40. The minimum atomic E-state index is 0.229. The monoisotopic (exact) mass is 470 g/mol. The topological polar surface area (TPSA) is 79.9 Å². The number of aromatic nitrogens is 2. The van der Waals surface area contributed by atoms with Gasteiger partial charge in [0.05, 0.1) is 17.1 Å². The highest BCUT2D eigenvalue weighted by Gasteiger charge is 2.30. The predicted molar refractivity (Wildman–Crippen MR) is 141 cm³/mol. The van der Waals surface area contributed by atoms with Crippen molar-refractivity contribution in [2.75, 3.05) is 52.1 Å². The molecule has 2 aromatic carbocycles. The largest absolute Gasteiger partial charge is 0.394 e. The van der Waals surface area contributed by atoms with Crippen LogP contribution in [0.15, 0.2) is 59.8 Å². The van der Waals surface area contributed by atoms with Crippen LogP contribution in [-0.2, 0) is 11.3 Å². The second-order valence-electron chi connectivity index (χ2n) is 9.56. The van der Waals surface area contributed by atoms with Crippen LogP contribution in [0.5, 0.6) is 0 Å². The Morgan fingerprint density at radius 3 is 2.51 bits per heavy atom. The van der Waals surface area contributed by atoms with Gasteiger partial charge in [-0.3, -0.25) is 4.90 Å². The third-order valence-electron chi connectivity index (χ3n) is 7.11. The van der Waals surface area contributed by atoms with E-state index in [0.29, 0.717) is 12.6 Å². The van der Waals surface area contributed by atoms with Crippen molar-refractivity contribution < 1.29 is 4.84 Å². The maximum absolute atomic E-state index is 6.04. The van der Waals surface area contributed by atoms with Crippen LogP contribution >= 0.6 is 0 Å². The van der Waals surface area contributed by atoms with E-state index < -0.39 is 0 Å². The van der Waals surface area contributed by atoms with Gasteiger partial charge in [0.1, 0.15) is 6.61 Å². The second-order valence-corrected chi connectivity index (χ2v) is 9.56. The van der Waals surface area contributed by atoms with Gasteiger partial charge in [-0.25, -0.2) is 9.97 Å². The molecule has 1 aromatic heterocycles. The molecule has 0 amide bonds. The first-order chi connectivity index (χ1) is 17.1. The molecule has 3 aromatic rings. The molecule has 1 aliphatic carbocycles. The number of hydrogen-bond donors (Lipinski definition) is 1. The maximum atomic E-state index is 6.04. The average Bonchev–Trinajstić information content (AvgIpc) is 2.87. The highest BCUT2D eigenvalue weighted by Crippen LogP contribution is 2.38. The van der Waals surface area contributed by atoms with Gasteiger partial charge in [-0.2, -0.15) is 0 Å². The highest BCUT2D eigenvalue weighted by atomic mass is 16.6. The summed E-state index contributed by atoms with van der Waals surface area (Å²) < 4.78 is 0. The lowest BCUT2D eigenvalue weighted by Gasteiger charge is -2.32. The van der Waals surface area contributed by atoms with E-state index in [-0.39, 0.29) is 5.92 Å². The number of oxime groups is 1. The van der Waals surface area contributed by atoms with Crippen molar-refractivity contribution in [3.05, 3.63) is 77.1 Å². The molecule has 0 bridgehead atoms. The molecule has 0 saturated carbocycles. The van der Waals surface area contributed by atoms with Gasteiger partial charge in [0.15, 0.2) is 0 Å². The molecule has 2 aliphatic rings. The lowest BCUT2D eigenvalue weighted by atomic mass is 9.78. The lowest BCUT2D eigenvalue weighted by Crippen LogP contribution is -2.45. The zero-order chi connectivity index (χ0) is 24.2. The van der Waals surface area contributed by atoms with Crippen LogP contribution in [0.3, 0.4) is 0 Å². The van der Waals surface area contributed by atoms with E-state index in [4.69, 9.17) is 10.6 Å². The molecule has 7 heteroatoms. The normalized spacial score (nSPS) is 20.1. The van der Waals surface area contributed by atoms with Gasteiger partial charge in [-0.1, -0.05) is 59.8 Å². The molecule has 1 aliphatic heterocycles. The van der Waals surface area contributed by atoms with Crippen molar-refractivity contribution in [1.82, 2.24) is 19.8 Å². The minimum Gasteiger partial charge on any atom is -0.394 e. The quantitative estimate of drug-likeness (QED) is 0.437. The van der Waals surface area contributed by atoms with Crippen LogP contribution in [0.1, 0.15) is 34.9 Å². The molecule has 2 N–H and O–H groups in total. The van der Waals surface area contributed by atoms with Crippen LogP contribution in [0.4, 0.5) is 5.95 Å². The van der Waals surface area contributed by atoms with E-state index in [9.17, 15) is 0 Å². The van der Waals surface area contributed by atoms with Crippen LogP contribution in [0, 0.1) is 6.92 Å². The number of likely N-dealkylation sites (N-methyl/N-ethyl adjacent to an activating group) is 1. The van der Waals surface area contributed by atoms with Crippen molar-refractivity contribution in [3.63, 3.8) is 0 Å². The van der Waals surface area contributed by atoms with Crippen LogP contribution in [-0.4, -0.2) is 71.9 Å². The summed E-state index contributed by atoms with van der Waals surface area (Å²) in [6.07, 6.45) is 1.58. The molecule has 1 atom stereocenters. The van der Waals surface area contributed by atoms with Gasteiger partial charge in [0.25, 0.3) is 0 Å². The van der Waals surface area contributed by atoms with E-state index in [1.54, 1.807) is 0 Å². The first-order valence-corrected chi connectivity index (χ1v) is 12.5. The van der Waals surface area contributed by atoms with Crippen molar-refractivity contribution >= 4 is 11.7 Å². The van der Waals surface area contributed by atoms with E-state index in [0.717, 1.165) is 68.2 Å². The summed E-state index contributed by atoms with van der Waals surface area (Å²) in [6, 6.07) is 19.2. The molecular weight excluding hydrogens is 436 g/mol. The van der Waals surface area contributed by atoms with E-state index in [1.165, 1.54) is 16.7 Å². The van der Waals surface area contributed by atoms with Crippen LogP contribution in [0.2, 0.25) is 0 Å². The Kier molecular flexibility index (Phi) is 7.06. The summed E-state index contributed by atoms with van der Waals surface area (Å²) >= 11 is 0. The Morgan fingerprint density at radius 2 is 1.71 bits per heavy atom. The minimum absolute atomic E-state index is 0.229. The zero-order valence-electron chi connectivity index (χ0n) is 20.7. The molecule has 1 unspecified atom stereocenters. The first kappa shape index (κ1) is 23.5. The smallest absolute Gasteiger partial charge is 0.220 e. The standard InChI is InChI=1S/C28H34N6O/c1-20-27-25(31-28(29)30-20)18-22(24-11-7-6-10-23(24)21-8-4-3-5-9-21)19-26(27)32-35-17-16-34-14-12-33(2)13-15-34/h3-11,22H,12-19H2,1-2H3,(H2,29,30,31).